The molecule has 1 aromatic carbocycles. The van der Waals surface area contributed by atoms with Gasteiger partial charge in [-0.3, -0.25) is 4.79 Å². The molecule has 20 heavy (non-hydrogen) atoms. The van der Waals surface area contributed by atoms with Crippen LogP contribution >= 0.6 is 28.3 Å². The van der Waals surface area contributed by atoms with E-state index in [2.05, 4.69) is 21.2 Å². The highest BCUT2D eigenvalue weighted by Gasteiger charge is 2.13. The molecule has 0 heterocycles. The van der Waals surface area contributed by atoms with E-state index in [4.69, 9.17) is 10.5 Å². The van der Waals surface area contributed by atoms with Gasteiger partial charge >= 0.3 is 0 Å². The largest absolute Gasteiger partial charge is 0.489 e. The first-order valence-corrected chi connectivity index (χ1v) is 7.27. The molecule has 0 spiro atoms. The summed E-state index contributed by atoms with van der Waals surface area (Å²) >= 11 is 3.38. The first-order chi connectivity index (χ1) is 9.02. The number of nitrogens with one attached hydrogen (secondary N) is 1. The van der Waals surface area contributed by atoms with Crippen molar-refractivity contribution in [3.05, 3.63) is 28.7 Å². The minimum atomic E-state index is -0.428. The van der Waals surface area contributed by atoms with Crippen LogP contribution in [0.5, 0.6) is 5.75 Å². The van der Waals surface area contributed by atoms with Crippen LogP contribution < -0.4 is 15.8 Å². The molecule has 1 aromatic rings. The van der Waals surface area contributed by atoms with Gasteiger partial charge in [-0.05, 0) is 31.5 Å². The van der Waals surface area contributed by atoms with Gasteiger partial charge in [0, 0.05) is 4.47 Å². The summed E-state index contributed by atoms with van der Waals surface area (Å²) < 4.78 is 6.66. The molecule has 2 atom stereocenters. The van der Waals surface area contributed by atoms with Crippen molar-refractivity contribution in [2.75, 3.05) is 6.54 Å². The lowest BCUT2D eigenvalue weighted by Crippen LogP contribution is -2.43. The van der Waals surface area contributed by atoms with Crippen LogP contribution in [-0.2, 0) is 4.79 Å². The maximum Gasteiger partial charge on any atom is 0.237 e. The topological polar surface area (TPSA) is 64.4 Å². The van der Waals surface area contributed by atoms with Gasteiger partial charge in [0.05, 0.1) is 12.6 Å². The number of halogens is 2. The standard InChI is InChI=1S/C14H21BrN2O2.ClH/c1-3-5-13(16)14(18)17-9-10(2)19-12-7-4-6-11(15)8-12;/h4,6-8,10,13H,3,5,9,16H2,1-2H3,(H,17,18);1H. The van der Waals surface area contributed by atoms with Gasteiger partial charge in [-0.25, -0.2) is 0 Å². The summed E-state index contributed by atoms with van der Waals surface area (Å²) in [5.41, 5.74) is 5.73. The number of carbonyl (C=O) groups excluding carboxylic acids is 1. The molecule has 0 bridgehead atoms. The number of benzene rings is 1. The van der Waals surface area contributed by atoms with Crippen LogP contribution in [-0.4, -0.2) is 24.6 Å². The van der Waals surface area contributed by atoms with Crippen LogP contribution in [0, 0.1) is 0 Å². The number of hydrogen-bond acceptors (Lipinski definition) is 3. The number of nitrogens with two attached hydrogens (primary N) is 1. The summed E-state index contributed by atoms with van der Waals surface area (Å²) in [7, 11) is 0. The predicted molar refractivity (Wildman–Crippen MR) is 87.4 cm³/mol. The van der Waals surface area contributed by atoms with Crippen LogP contribution in [0.25, 0.3) is 0 Å². The lowest BCUT2D eigenvalue weighted by molar-refractivity contribution is -0.122. The maximum absolute atomic E-state index is 11.6. The maximum atomic E-state index is 11.6. The zero-order valence-corrected chi connectivity index (χ0v) is 14.2. The Morgan fingerprint density at radius 3 is 2.80 bits per heavy atom. The molecule has 2 unspecified atom stereocenters. The van der Waals surface area contributed by atoms with Crippen molar-refractivity contribution in [2.45, 2.75) is 38.8 Å². The molecule has 0 saturated carbocycles. The molecule has 114 valence electrons. The SMILES string of the molecule is CCCC(N)C(=O)NCC(C)Oc1cccc(Br)c1.Cl. The van der Waals surface area contributed by atoms with E-state index < -0.39 is 6.04 Å². The summed E-state index contributed by atoms with van der Waals surface area (Å²) in [6.45, 7) is 4.36. The third-order valence-electron chi connectivity index (χ3n) is 2.63. The van der Waals surface area contributed by atoms with Crippen LogP contribution in [0.3, 0.4) is 0 Å². The Bertz CT molecular complexity index is 418. The fraction of sp³-hybridized carbons (Fsp3) is 0.500. The Hall–Kier alpha value is -0.780. The van der Waals surface area contributed by atoms with Gasteiger partial charge in [0.2, 0.25) is 5.91 Å². The highest BCUT2D eigenvalue weighted by atomic mass is 79.9. The molecular formula is C14H22BrClN2O2. The van der Waals surface area contributed by atoms with Gasteiger partial charge < -0.3 is 15.8 Å². The molecule has 6 heteroatoms. The van der Waals surface area contributed by atoms with Crippen molar-refractivity contribution in [2.24, 2.45) is 5.73 Å². The number of carbonyl (C=O) groups is 1. The van der Waals surface area contributed by atoms with Crippen molar-refractivity contribution >= 4 is 34.2 Å². The Morgan fingerprint density at radius 1 is 1.50 bits per heavy atom. The first kappa shape index (κ1) is 19.2. The fourth-order valence-corrected chi connectivity index (χ4v) is 2.01. The Morgan fingerprint density at radius 2 is 2.20 bits per heavy atom. The molecule has 0 fully saturated rings. The number of amides is 1. The lowest BCUT2D eigenvalue weighted by Gasteiger charge is -2.17. The normalized spacial score (nSPS) is 13.0. The van der Waals surface area contributed by atoms with Crippen LogP contribution in [0.1, 0.15) is 26.7 Å². The van der Waals surface area contributed by atoms with E-state index in [1.807, 2.05) is 38.1 Å². The molecule has 0 radical (unpaired) electrons. The second-order valence-corrected chi connectivity index (χ2v) is 5.44. The molecule has 4 nitrogen and oxygen atoms in total. The van der Waals surface area contributed by atoms with Crippen molar-refractivity contribution in [1.29, 1.82) is 0 Å². The highest BCUT2D eigenvalue weighted by Crippen LogP contribution is 2.18. The second-order valence-electron chi connectivity index (χ2n) is 4.53. The third kappa shape index (κ3) is 7.12. The van der Waals surface area contributed by atoms with Crippen molar-refractivity contribution in [3.8, 4) is 5.75 Å². The minimum absolute atomic E-state index is 0. The molecular weight excluding hydrogens is 344 g/mol. The molecule has 0 aromatic heterocycles. The average Bonchev–Trinajstić information content (AvgIpc) is 2.36. The van der Waals surface area contributed by atoms with Gasteiger partial charge in [-0.15, -0.1) is 12.4 Å². The quantitative estimate of drug-likeness (QED) is 0.781. The van der Waals surface area contributed by atoms with Crippen LogP contribution in [0.4, 0.5) is 0 Å². The third-order valence-corrected chi connectivity index (χ3v) is 3.13. The highest BCUT2D eigenvalue weighted by molar-refractivity contribution is 9.10. The summed E-state index contributed by atoms with van der Waals surface area (Å²) in [6, 6.07) is 7.18. The monoisotopic (exact) mass is 364 g/mol. The lowest BCUT2D eigenvalue weighted by atomic mass is 10.1. The summed E-state index contributed by atoms with van der Waals surface area (Å²) in [4.78, 5) is 11.6. The van der Waals surface area contributed by atoms with E-state index in [0.29, 0.717) is 13.0 Å². The Labute approximate surface area is 135 Å². The molecule has 0 saturated heterocycles. The minimum Gasteiger partial charge on any atom is -0.489 e. The van der Waals surface area contributed by atoms with E-state index in [1.165, 1.54) is 0 Å². The molecule has 0 aliphatic carbocycles. The first-order valence-electron chi connectivity index (χ1n) is 6.48. The molecule has 0 aliphatic rings. The number of rotatable bonds is 7. The molecule has 3 N–H and O–H groups in total. The molecule has 1 amide bonds. The Balaban J connectivity index is 0.00000361. The molecule has 1 rings (SSSR count). The van der Waals surface area contributed by atoms with Crippen LogP contribution in [0.2, 0.25) is 0 Å². The van der Waals surface area contributed by atoms with Crippen molar-refractivity contribution in [1.82, 2.24) is 5.32 Å². The number of hydrogen-bond donors (Lipinski definition) is 2. The number of ether oxygens (including phenoxy) is 1. The van der Waals surface area contributed by atoms with Gasteiger partial charge in [0.1, 0.15) is 11.9 Å². The summed E-state index contributed by atoms with van der Waals surface area (Å²) in [5.74, 6) is 0.653. The van der Waals surface area contributed by atoms with E-state index in [0.717, 1.165) is 16.6 Å². The van der Waals surface area contributed by atoms with Gasteiger partial charge in [0.15, 0.2) is 0 Å². The Kier molecular flexibility index (Phi) is 9.63. The van der Waals surface area contributed by atoms with Gasteiger partial charge in [-0.2, -0.15) is 0 Å². The van der Waals surface area contributed by atoms with Gasteiger partial charge in [-0.1, -0.05) is 35.3 Å². The summed E-state index contributed by atoms with van der Waals surface area (Å²) in [5, 5.41) is 2.80. The van der Waals surface area contributed by atoms with E-state index in [1.54, 1.807) is 0 Å². The second kappa shape index (κ2) is 10.0. The zero-order valence-electron chi connectivity index (χ0n) is 11.8. The van der Waals surface area contributed by atoms with E-state index in [9.17, 15) is 4.79 Å². The zero-order chi connectivity index (χ0) is 14.3. The van der Waals surface area contributed by atoms with E-state index >= 15 is 0 Å². The fourth-order valence-electron chi connectivity index (χ4n) is 1.63. The smallest absolute Gasteiger partial charge is 0.237 e. The van der Waals surface area contributed by atoms with Crippen LogP contribution in [0.15, 0.2) is 28.7 Å². The predicted octanol–water partition coefficient (Wildman–Crippen LogP) is 2.88. The summed E-state index contributed by atoms with van der Waals surface area (Å²) in [6.07, 6.45) is 1.50. The van der Waals surface area contributed by atoms with Gasteiger partial charge in [0.25, 0.3) is 0 Å². The average molecular weight is 366 g/mol. The van der Waals surface area contributed by atoms with E-state index in [-0.39, 0.29) is 24.4 Å². The van der Waals surface area contributed by atoms with Crippen molar-refractivity contribution in [3.63, 3.8) is 0 Å². The molecule has 0 aliphatic heterocycles. The van der Waals surface area contributed by atoms with Crippen molar-refractivity contribution < 1.29 is 9.53 Å².